The van der Waals surface area contributed by atoms with Crippen LogP contribution in [0.15, 0.2) is 58.3 Å². The van der Waals surface area contributed by atoms with E-state index in [2.05, 4.69) is 6.92 Å². The van der Waals surface area contributed by atoms with Crippen molar-refractivity contribution >= 4 is 20.0 Å². The summed E-state index contributed by atoms with van der Waals surface area (Å²) in [6.45, 7) is 2.59. The van der Waals surface area contributed by atoms with Gasteiger partial charge in [-0.25, -0.2) is 16.8 Å². The van der Waals surface area contributed by atoms with Gasteiger partial charge in [0.05, 0.1) is 16.9 Å². The lowest BCUT2D eigenvalue weighted by atomic mass is 10.1. The lowest BCUT2D eigenvalue weighted by molar-refractivity contribution is 0.273. The first-order chi connectivity index (χ1) is 14.3. The summed E-state index contributed by atoms with van der Waals surface area (Å²) < 4.78 is 59.4. The van der Waals surface area contributed by atoms with Crippen LogP contribution in [0.5, 0.6) is 5.75 Å². The molecule has 0 bridgehead atoms. The zero-order valence-corrected chi connectivity index (χ0v) is 19.0. The number of ether oxygens (including phenoxy) is 1. The van der Waals surface area contributed by atoms with Crippen molar-refractivity contribution in [1.29, 1.82) is 0 Å². The standard InChI is InChI=1S/C21H28N2O5S2/c1-3-4-5-18-6-10-20(11-7-18)29(24,25)22-14-16-23(17-15-22)30(26,27)21-12-8-19(28-2)9-13-21/h6-13H,3-5,14-17H2,1-2H3. The summed E-state index contributed by atoms with van der Waals surface area (Å²) in [7, 11) is -5.81. The highest BCUT2D eigenvalue weighted by Crippen LogP contribution is 2.23. The summed E-state index contributed by atoms with van der Waals surface area (Å²) >= 11 is 0. The van der Waals surface area contributed by atoms with Crippen molar-refractivity contribution in [2.75, 3.05) is 33.3 Å². The number of piperazine rings is 1. The molecule has 2 aromatic carbocycles. The van der Waals surface area contributed by atoms with Crippen molar-refractivity contribution in [3.05, 3.63) is 54.1 Å². The highest BCUT2D eigenvalue weighted by atomic mass is 32.2. The molecule has 0 aromatic heterocycles. The van der Waals surface area contributed by atoms with Crippen LogP contribution in [0.4, 0.5) is 0 Å². The Bertz CT molecular complexity index is 1040. The Morgan fingerprint density at radius 3 is 1.60 bits per heavy atom. The zero-order chi connectivity index (χ0) is 21.8. The Balaban J connectivity index is 1.67. The first kappa shape index (κ1) is 22.7. The summed E-state index contributed by atoms with van der Waals surface area (Å²) in [5.41, 5.74) is 1.12. The van der Waals surface area contributed by atoms with Gasteiger partial charge in [-0.2, -0.15) is 8.61 Å². The second kappa shape index (κ2) is 9.47. The van der Waals surface area contributed by atoms with E-state index in [-0.39, 0.29) is 36.0 Å². The van der Waals surface area contributed by atoms with E-state index < -0.39 is 20.0 Å². The molecule has 30 heavy (non-hydrogen) atoms. The number of benzene rings is 2. The second-order valence-electron chi connectivity index (χ2n) is 7.23. The van der Waals surface area contributed by atoms with Crippen molar-refractivity contribution in [3.8, 4) is 5.75 Å². The van der Waals surface area contributed by atoms with Gasteiger partial charge in [0.1, 0.15) is 5.75 Å². The highest BCUT2D eigenvalue weighted by molar-refractivity contribution is 7.89. The lowest BCUT2D eigenvalue weighted by Gasteiger charge is -2.33. The molecular weight excluding hydrogens is 424 g/mol. The smallest absolute Gasteiger partial charge is 0.243 e. The molecule has 1 aliphatic rings. The van der Waals surface area contributed by atoms with Gasteiger partial charge in [0, 0.05) is 26.2 Å². The van der Waals surface area contributed by atoms with Crippen LogP contribution < -0.4 is 4.74 Å². The van der Waals surface area contributed by atoms with Crippen molar-refractivity contribution in [1.82, 2.24) is 8.61 Å². The molecule has 2 aromatic rings. The Hall–Kier alpha value is -1.94. The molecule has 0 amide bonds. The third kappa shape index (κ3) is 4.85. The van der Waals surface area contributed by atoms with Gasteiger partial charge in [0.15, 0.2) is 0 Å². The van der Waals surface area contributed by atoms with Crippen LogP contribution in [0.3, 0.4) is 0 Å². The van der Waals surface area contributed by atoms with Crippen LogP contribution in [-0.2, 0) is 26.5 Å². The number of methoxy groups -OCH3 is 1. The fourth-order valence-corrected chi connectivity index (χ4v) is 6.25. The predicted molar refractivity (Wildman–Crippen MR) is 116 cm³/mol. The third-order valence-corrected chi connectivity index (χ3v) is 9.10. The molecule has 0 aliphatic carbocycles. The lowest BCUT2D eigenvalue weighted by Crippen LogP contribution is -2.50. The summed E-state index contributed by atoms with van der Waals surface area (Å²) in [5, 5.41) is 0. The minimum Gasteiger partial charge on any atom is -0.497 e. The number of rotatable bonds is 8. The fourth-order valence-electron chi connectivity index (χ4n) is 3.41. The summed E-state index contributed by atoms with van der Waals surface area (Å²) in [6, 6.07) is 13.2. The van der Waals surface area contributed by atoms with Gasteiger partial charge in [-0.15, -0.1) is 0 Å². The Kier molecular flexibility index (Phi) is 7.18. The molecule has 1 fully saturated rings. The number of aryl methyl sites for hydroxylation is 1. The molecule has 0 saturated carbocycles. The number of hydrogen-bond acceptors (Lipinski definition) is 5. The van der Waals surface area contributed by atoms with Crippen LogP contribution in [0.2, 0.25) is 0 Å². The van der Waals surface area contributed by atoms with Gasteiger partial charge in [-0.3, -0.25) is 0 Å². The van der Waals surface area contributed by atoms with Crippen LogP contribution in [-0.4, -0.2) is 58.7 Å². The molecule has 1 saturated heterocycles. The van der Waals surface area contributed by atoms with E-state index in [1.165, 1.54) is 27.9 Å². The largest absolute Gasteiger partial charge is 0.497 e. The number of hydrogen-bond donors (Lipinski definition) is 0. The molecule has 1 heterocycles. The molecule has 0 unspecified atom stereocenters. The molecule has 3 rings (SSSR count). The first-order valence-electron chi connectivity index (χ1n) is 10.0. The summed E-state index contributed by atoms with van der Waals surface area (Å²) in [6.07, 6.45) is 3.08. The fraction of sp³-hybridized carbons (Fsp3) is 0.429. The molecule has 164 valence electrons. The molecule has 7 nitrogen and oxygen atoms in total. The predicted octanol–water partition coefficient (Wildman–Crippen LogP) is 2.73. The summed E-state index contributed by atoms with van der Waals surface area (Å²) in [5.74, 6) is 0.575. The van der Waals surface area contributed by atoms with E-state index in [0.29, 0.717) is 5.75 Å². The molecule has 9 heteroatoms. The monoisotopic (exact) mass is 452 g/mol. The number of sulfonamides is 2. The van der Waals surface area contributed by atoms with Gasteiger partial charge < -0.3 is 4.74 Å². The number of unbranched alkanes of at least 4 members (excludes halogenated alkanes) is 1. The average Bonchev–Trinajstić information content (AvgIpc) is 2.78. The molecule has 0 N–H and O–H groups in total. The molecule has 0 atom stereocenters. The van der Waals surface area contributed by atoms with Crippen molar-refractivity contribution in [2.45, 2.75) is 36.0 Å². The number of nitrogens with zero attached hydrogens (tertiary/aromatic N) is 2. The SMILES string of the molecule is CCCCc1ccc(S(=O)(=O)N2CCN(S(=O)(=O)c3ccc(OC)cc3)CC2)cc1. The Morgan fingerprint density at radius 2 is 1.20 bits per heavy atom. The van der Waals surface area contributed by atoms with Crippen LogP contribution in [0.25, 0.3) is 0 Å². The van der Waals surface area contributed by atoms with Crippen molar-refractivity contribution < 1.29 is 21.6 Å². The van der Waals surface area contributed by atoms with Gasteiger partial charge in [-0.1, -0.05) is 25.5 Å². The second-order valence-corrected chi connectivity index (χ2v) is 11.1. The maximum absolute atomic E-state index is 13.0. The van der Waals surface area contributed by atoms with Crippen LogP contribution in [0.1, 0.15) is 25.3 Å². The zero-order valence-electron chi connectivity index (χ0n) is 17.3. The summed E-state index contributed by atoms with van der Waals surface area (Å²) in [4.78, 5) is 0.413. The highest BCUT2D eigenvalue weighted by Gasteiger charge is 2.33. The quantitative estimate of drug-likeness (QED) is 0.615. The van der Waals surface area contributed by atoms with E-state index in [1.54, 1.807) is 24.3 Å². The molecule has 0 spiro atoms. The van der Waals surface area contributed by atoms with E-state index in [1.807, 2.05) is 12.1 Å². The Labute approximate surface area is 179 Å². The van der Waals surface area contributed by atoms with Crippen molar-refractivity contribution in [2.24, 2.45) is 0 Å². The van der Waals surface area contributed by atoms with Crippen LogP contribution >= 0.6 is 0 Å². The maximum Gasteiger partial charge on any atom is 0.243 e. The molecule has 0 radical (unpaired) electrons. The Morgan fingerprint density at radius 1 is 0.767 bits per heavy atom. The average molecular weight is 453 g/mol. The molecular formula is C21H28N2O5S2. The third-order valence-electron chi connectivity index (χ3n) is 5.27. The first-order valence-corrected chi connectivity index (χ1v) is 12.9. The van der Waals surface area contributed by atoms with E-state index >= 15 is 0 Å². The maximum atomic E-state index is 13.0. The molecule has 1 aliphatic heterocycles. The van der Waals surface area contributed by atoms with E-state index in [9.17, 15) is 16.8 Å². The van der Waals surface area contributed by atoms with Gasteiger partial charge in [0.25, 0.3) is 0 Å². The normalized spacial score (nSPS) is 16.5. The van der Waals surface area contributed by atoms with Gasteiger partial charge >= 0.3 is 0 Å². The topological polar surface area (TPSA) is 84.0 Å². The van der Waals surface area contributed by atoms with Gasteiger partial charge in [0.2, 0.25) is 20.0 Å². The van der Waals surface area contributed by atoms with E-state index in [4.69, 9.17) is 4.74 Å². The van der Waals surface area contributed by atoms with Crippen molar-refractivity contribution in [3.63, 3.8) is 0 Å². The van der Waals surface area contributed by atoms with E-state index in [0.717, 1.165) is 24.8 Å². The van der Waals surface area contributed by atoms with Crippen LogP contribution in [0, 0.1) is 0 Å². The minimum absolute atomic E-state index is 0.113. The minimum atomic E-state index is -3.68. The van der Waals surface area contributed by atoms with Gasteiger partial charge in [-0.05, 0) is 54.8 Å².